The Kier molecular flexibility index (Phi) is 9.08. The Labute approximate surface area is 180 Å². The molecule has 2 N–H and O–H groups in total. The molecule has 7 nitrogen and oxygen atoms in total. The number of hydrogen-bond acceptors (Lipinski definition) is 5. The summed E-state index contributed by atoms with van der Waals surface area (Å²) in [5.74, 6) is 1.05. The molecule has 2 atom stereocenters. The topological polar surface area (TPSA) is 89.0 Å². The summed E-state index contributed by atoms with van der Waals surface area (Å²) in [6.07, 6.45) is 7.62. The van der Waals surface area contributed by atoms with Crippen LogP contribution < -0.4 is 10.6 Å². The van der Waals surface area contributed by atoms with Crippen molar-refractivity contribution in [3.05, 3.63) is 0 Å². The number of halogens is 1. The van der Waals surface area contributed by atoms with Crippen LogP contribution in [0.1, 0.15) is 51.9 Å². The predicted octanol–water partition coefficient (Wildman–Crippen LogP) is 2.06. The van der Waals surface area contributed by atoms with E-state index in [-0.39, 0.29) is 47.5 Å². The van der Waals surface area contributed by atoms with Crippen molar-refractivity contribution in [2.75, 3.05) is 37.7 Å². The highest BCUT2D eigenvalue weighted by molar-refractivity contribution is 14.0. The Hall–Kier alpha value is -0.130. The van der Waals surface area contributed by atoms with Gasteiger partial charge in [0.1, 0.15) is 6.10 Å². The minimum atomic E-state index is -2.85. The second-order valence-electron chi connectivity index (χ2n) is 7.75. The summed E-state index contributed by atoms with van der Waals surface area (Å²) >= 11 is 0. The maximum Gasteiger partial charge on any atom is 0.191 e. The van der Waals surface area contributed by atoms with Gasteiger partial charge in [-0.05, 0) is 32.1 Å². The number of hydrogen-bond donors (Lipinski definition) is 2. The third-order valence-electron chi connectivity index (χ3n) is 5.45. The van der Waals surface area contributed by atoms with Crippen LogP contribution in [-0.2, 0) is 19.3 Å². The van der Waals surface area contributed by atoms with Crippen LogP contribution in [0.5, 0.6) is 0 Å². The van der Waals surface area contributed by atoms with Crippen LogP contribution >= 0.6 is 24.0 Å². The summed E-state index contributed by atoms with van der Waals surface area (Å²) in [6.45, 7) is 4.60. The fourth-order valence-corrected chi connectivity index (χ4v) is 5.88. The molecule has 3 rings (SSSR count). The highest BCUT2D eigenvalue weighted by Gasteiger charge is 2.41. The Morgan fingerprint density at radius 3 is 2.56 bits per heavy atom. The molecule has 1 aliphatic carbocycles. The molecule has 0 radical (unpaired) electrons. The van der Waals surface area contributed by atoms with E-state index in [2.05, 4.69) is 15.6 Å². The van der Waals surface area contributed by atoms with E-state index in [1.54, 1.807) is 0 Å². The van der Waals surface area contributed by atoms with E-state index in [0.717, 1.165) is 25.3 Å². The van der Waals surface area contributed by atoms with Crippen LogP contribution in [-0.4, -0.2) is 64.0 Å². The fourth-order valence-electron chi connectivity index (χ4n) is 4.04. The Bertz CT molecular complexity index is 591. The van der Waals surface area contributed by atoms with Gasteiger partial charge in [-0.15, -0.1) is 24.0 Å². The summed E-state index contributed by atoms with van der Waals surface area (Å²) in [5, 5.41) is 6.55. The summed E-state index contributed by atoms with van der Waals surface area (Å²) in [5.41, 5.74) is 0. The molecule has 158 valence electrons. The number of aliphatic imine (C=N–C) groups is 1. The first-order valence-corrected chi connectivity index (χ1v) is 11.9. The van der Waals surface area contributed by atoms with Gasteiger partial charge in [0.15, 0.2) is 21.6 Å². The maximum absolute atomic E-state index is 11.6. The van der Waals surface area contributed by atoms with Gasteiger partial charge in [0.05, 0.1) is 18.1 Å². The maximum atomic E-state index is 11.6. The molecule has 0 aromatic rings. The van der Waals surface area contributed by atoms with Gasteiger partial charge in [0, 0.05) is 32.5 Å². The average Bonchev–Trinajstić information content (AvgIpc) is 3.07. The van der Waals surface area contributed by atoms with Gasteiger partial charge in [-0.2, -0.15) is 0 Å². The zero-order valence-corrected chi connectivity index (χ0v) is 19.4. The smallest absolute Gasteiger partial charge is 0.191 e. The highest BCUT2D eigenvalue weighted by Crippen LogP contribution is 2.36. The van der Waals surface area contributed by atoms with Gasteiger partial charge in [-0.25, -0.2) is 8.42 Å². The van der Waals surface area contributed by atoms with Crippen molar-refractivity contribution in [1.82, 2.24) is 10.6 Å². The van der Waals surface area contributed by atoms with Crippen LogP contribution in [0.4, 0.5) is 0 Å². The van der Waals surface area contributed by atoms with Crippen LogP contribution in [0.2, 0.25) is 0 Å². The first kappa shape index (κ1) is 23.2. The molecule has 3 fully saturated rings. The molecule has 0 bridgehead atoms. The molecule has 27 heavy (non-hydrogen) atoms. The van der Waals surface area contributed by atoms with Crippen LogP contribution in [0, 0.1) is 5.92 Å². The number of nitrogens with one attached hydrogen (secondary N) is 2. The molecule has 2 unspecified atom stereocenters. The van der Waals surface area contributed by atoms with Crippen molar-refractivity contribution in [3.63, 3.8) is 0 Å². The molecule has 1 saturated carbocycles. The average molecular weight is 515 g/mol. The van der Waals surface area contributed by atoms with E-state index in [9.17, 15) is 8.42 Å². The second-order valence-corrected chi connectivity index (χ2v) is 9.97. The predicted molar refractivity (Wildman–Crippen MR) is 117 cm³/mol. The zero-order chi connectivity index (χ0) is 18.5. The largest absolute Gasteiger partial charge is 0.357 e. The molecule has 2 aliphatic heterocycles. The molecule has 2 heterocycles. The van der Waals surface area contributed by atoms with Crippen molar-refractivity contribution < 1.29 is 17.9 Å². The number of nitrogens with zero attached hydrogens (tertiary/aromatic N) is 1. The minimum absolute atomic E-state index is 0. The lowest BCUT2D eigenvalue weighted by molar-refractivity contribution is -0.175. The number of sulfone groups is 1. The molecule has 9 heteroatoms. The Morgan fingerprint density at radius 2 is 1.93 bits per heavy atom. The van der Waals surface area contributed by atoms with Crippen LogP contribution in [0.25, 0.3) is 0 Å². The van der Waals surface area contributed by atoms with Crippen molar-refractivity contribution >= 4 is 39.8 Å². The molecule has 0 aromatic heterocycles. The van der Waals surface area contributed by atoms with E-state index in [1.807, 2.05) is 6.92 Å². The summed E-state index contributed by atoms with van der Waals surface area (Å²) in [7, 11) is -2.85. The van der Waals surface area contributed by atoms with Crippen LogP contribution in [0.3, 0.4) is 0 Å². The molecular weight excluding hydrogens is 481 g/mol. The van der Waals surface area contributed by atoms with Gasteiger partial charge >= 0.3 is 0 Å². The lowest BCUT2D eigenvalue weighted by Crippen LogP contribution is -2.42. The first-order valence-electron chi connectivity index (χ1n) is 10.0. The first-order chi connectivity index (χ1) is 12.5. The summed E-state index contributed by atoms with van der Waals surface area (Å²) < 4.78 is 35.4. The molecule has 1 spiro atoms. The normalized spacial score (nSPS) is 29.9. The van der Waals surface area contributed by atoms with E-state index >= 15 is 0 Å². The third kappa shape index (κ3) is 7.01. The van der Waals surface area contributed by atoms with E-state index in [0.29, 0.717) is 31.9 Å². The number of ether oxygens (including phenoxy) is 2. The minimum Gasteiger partial charge on any atom is -0.357 e. The highest BCUT2D eigenvalue weighted by atomic mass is 127. The SMILES string of the molecule is CCNC(=NCC1CCS(=O)(=O)C1)NCC1COC2(CCCCCC2)O1.I. The van der Waals surface area contributed by atoms with Gasteiger partial charge in [-0.3, -0.25) is 4.99 Å². The monoisotopic (exact) mass is 515 g/mol. The van der Waals surface area contributed by atoms with E-state index < -0.39 is 9.84 Å². The second kappa shape index (κ2) is 10.6. The van der Waals surface area contributed by atoms with Crippen LogP contribution in [0.15, 0.2) is 4.99 Å². The van der Waals surface area contributed by atoms with Crippen molar-refractivity contribution in [2.24, 2.45) is 10.9 Å². The molecular formula is C18H34IN3O4S. The number of rotatable bonds is 5. The fraction of sp³-hybridized carbons (Fsp3) is 0.944. The number of guanidine groups is 1. The Balaban J connectivity index is 0.00000261. The zero-order valence-electron chi connectivity index (χ0n) is 16.2. The Morgan fingerprint density at radius 1 is 1.19 bits per heavy atom. The van der Waals surface area contributed by atoms with Gasteiger partial charge in [-0.1, -0.05) is 12.8 Å². The molecule has 0 aromatic carbocycles. The summed E-state index contributed by atoms with van der Waals surface area (Å²) in [6, 6.07) is 0. The van der Waals surface area contributed by atoms with E-state index in [4.69, 9.17) is 9.47 Å². The molecule has 3 aliphatic rings. The molecule has 0 amide bonds. The lowest BCUT2D eigenvalue weighted by Gasteiger charge is -2.26. The summed E-state index contributed by atoms with van der Waals surface area (Å²) in [4.78, 5) is 4.57. The van der Waals surface area contributed by atoms with Crippen molar-refractivity contribution in [1.29, 1.82) is 0 Å². The quantitative estimate of drug-likeness (QED) is 0.331. The molecule has 2 saturated heterocycles. The van der Waals surface area contributed by atoms with Gasteiger partial charge in [0.25, 0.3) is 0 Å². The van der Waals surface area contributed by atoms with E-state index in [1.165, 1.54) is 25.7 Å². The van der Waals surface area contributed by atoms with Crippen molar-refractivity contribution in [3.8, 4) is 0 Å². The third-order valence-corrected chi connectivity index (χ3v) is 7.29. The van der Waals surface area contributed by atoms with Crippen molar-refractivity contribution in [2.45, 2.75) is 63.8 Å². The lowest BCUT2D eigenvalue weighted by atomic mass is 10.1. The van der Waals surface area contributed by atoms with Gasteiger partial charge < -0.3 is 20.1 Å². The standard InChI is InChI=1S/C18H33N3O4S.HI/c1-2-19-17(20-11-15-7-10-26(22,23)14-15)21-12-16-13-24-18(25-16)8-5-3-4-6-9-18;/h15-16H,2-14H2,1H3,(H2,19,20,21);1H. The van der Waals surface area contributed by atoms with Gasteiger partial charge in [0.2, 0.25) is 0 Å².